The van der Waals surface area contributed by atoms with Crippen LogP contribution in [0.25, 0.3) is 11.0 Å². The van der Waals surface area contributed by atoms with E-state index >= 15 is 0 Å². The number of rotatable bonds is 4. The highest BCUT2D eigenvalue weighted by Gasteiger charge is 2.09. The summed E-state index contributed by atoms with van der Waals surface area (Å²) >= 11 is 0. The topological polar surface area (TPSA) is 17.8 Å². The fourth-order valence-electron chi connectivity index (χ4n) is 2.32. The van der Waals surface area contributed by atoms with E-state index in [0.29, 0.717) is 0 Å². The third-order valence-electron chi connectivity index (χ3n) is 3.12. The Kier molecular flexibility index (Phi) is 3.28. The summed E-state index contributed by atoms with van der Waals surface area (Å²) < 4.78 is 2.34. The lowest BCUT2D eigenvalue weighted by Gasteiger charge is -2.13. The predicted octanol–water partition coefficient (Wildman–Crippen LogP) is 3.78. The normalized spacial score (nSPS) is 13.2. The van der Waals surface area contributed by atoms with Gasteiger partial charge in [0, 0.05) is 6.54 Å². The number of aryl methyl sites for hydroxylation is 1. The van der Waals surface area contributed by atoms with E-state index in [-0.39, 0.29) is 0 Å². The lowest BCUT2D eigenvalue weighted by molar-refractivity contribution is 0.447. The fraction of sp³-hybridized carbons (Fsp3) is 0.500. The molecule has 0 radical (unpaired) electrons. The maximum Gasteiger partial charge on any atom is 0.106 e. The Balaban J connectivity index is 2.32. The zero-order valence-corrected chi connectivity index (χ0v) is 10.4. The maximum atomic E-state index is 4.59. The third-order valence-corrected chi connectivity index (χ3v) is 3.12. The molecule has 0 bridgehead atoms. The standard InChI is InChI=1S/C14H20N2/c1-4-7-11(2)10-16-12(3)15-13-8-5-6-9-14(13)16/h5-6,8-9,11H,4,7,10H2,1-3H3. The largest absolute Gasteiger partial charge is 0.328 e. The Hall–Kier alpha value is -1.31. The van der Waals surface area contributed by atoms with Gasteiger partial charge in [-0.2, -0.15) is 0 Å². The molecule has 2 aromatic rings. The van der Waals surface area contributed by atoms with Crippen LogP contribution in [0.15, 0.2) is 24.3 Å². The Bertz CT molecular complexity index is 471. The molecule has 0 N–H and O–H groups in total. The molecule has 0 saturated carbocycles. The number of aromatic nitrogens is 2. The van der Waals surface area contributed by atoms with Crippen LogP contribution < -0.4 is 0 Å². The quantitative estimate of drug-likeness (QED) is 0.760. The van der Waals surface area contributed by atoms with Gasteiger partial charge in [0.25, 0.3) is 0 Å². The first-order valence-electron chi connectivity index (χ1n) is 6.14. The number of para-hydroxylation sites is 2. The number of nitrogens with zero attached hydrogens (tertiary/aromatic N) is 2. The molecule has 0 spiro atoms. The first-order chi connectivity index (χ1) is 7.72. The van der Waals surface area contributed by atoms with Gasteiger partial charge in [-0.05, 0) is 31.4 Å². The lowest BCUT2D eigenvalue weighted by atomic mass is 10.1. The molecule has 2 nitrogen and oxygen atoms in total. The third kappa shape index (κ3) is 2.11. The van der Waals surface area contributed by atoms with Gasteiger partial charge in [0.05, 0.1) is 11.0 Å². The molecule has 0 aliphatic heterocycles. The number of fused-ring (bicyclic) bond motifs is 1. The molecular weight excluding hydrogens is 196 g/mol. The van der Waals surface area contributed by atoms with Crippen molar-refractivity contribution in [3.8, 4) is 0 Å². The molecule has 1 aromatic heterocycles. The highest BCUT2D eigenvalue weighted by molar-refractivity contribution is 5.75. The van der Waals surface area contributed by atoms with Crippen LogP contribution in [-0.4, -0.2) is 9.55 Å². The Morgan fingerprint density at radius 2 is 2.06 bits per heavy atom. The predicted molar refractivity (Wildman–Crippen MR) is 68.5 cm³/mol. The molecule has 0 aliphatic rings. The van der Waals surface area contributed by atoms with E-state index in [2.05, 4.69) is 54.6 Å². The SMILES string of the molecule is CCCC(C)Cn1c(C)nc2ccccc21. The number of hydrogen-bond acceptors (Lipinski definition) is 1. The smallest absolute Gasteiger partial charge is 0.106 e. The summed E-state index contributed by atoms with van der Waals surface area (Å²) in [5, 5.41) is 0. The summed E-state index contributed by atoms with van der Waals surface area (Å²) in [5.41, 5.74) is 2.38. The van der Waals surface area contributed by atoms with Crippen LogP contribution in [0.3, 0.4) is 0 Å². The van der Waals surface area contributed by atoms with Gasteiger partial charge in [0.1, 0.15) is 5.82 Å². The van der Waals surface area contributed by atoms with Crippen molar-refractivity contribution in [3.05, 3.63) is 30.1 Å². The molecule has 16 heavy (non-hydrogen) atoms. The van der Waals surface area contributed by atoms with Crippen molar-refractivity contribution in [2.24, 2.45) is 5.92 Å². The van der Waals surface area contributed by atoms with Crippen molar-refractivity contribution in [2.75, 3.05) is 0 Å². The first kappa shape index (κ1) is 11.2. The lowest BCUT2D eigenvalue weighted by Crippen LogP contribution is -2.08. The zero-order chi connectivity index (χ0) is 11.5. The van der Waals surface area contributed by atoms with Gasteiger partial charge in [-0.3, -0.25) is 0 Å². The van der Waals surface area contributed by atoms with Crippen molar-refractivity contribution in [3.63, 3.8) is 0 Å². The van der Waals surface area contributed by atoms with Crippen LogP contribution in [0.2, 0.25) is 0 Å². The fourth-order valence-corrected chi connectivity index (χ4v) is 2.32. The van der Waals surface area contributed by atoms with E-state index in [0.717, 1.165) is 23.8 Å². The van der Waals surface area contributed by atoms with Gasteiger partial charge in [-0.25, -0.2) is 4.98 Å². The average molecular weight is 216 g/mol. The molecular formula is C14H20N2. The number of hydrogen-bond donors (Lipinski definition) is 0. The van der Waals surface area contributed by atoms with Gasteiger partial charge in [-0.1, -0.05) is 32.4 Å². The minimum Gasteiger partial charge on any atom is -0.328 e. The minimum atomic E-state index is 0.723. The number of benzene rings is 1. The minimum absolute atomic E-state index is 0.723. The molecule has 2 rings (SSSR count). The molecule has 1 atom stereocenters. The van der Waals surface area contributed by atoms with Crippen LogP contribution in [-0.2, 0) is 6.54 Å². The Morgan fingerprint density at radius 3 is 2.81 bits per heavy atom. The summed E-state index contributed by atoms with van der Waals surface area (Å²) in [6.07, 6.45) is 2.54. The average Bonchev–Trinajstić information content (AvgIpc) is 2.56. The Labute approximate surface area is 97.3 Å². The second-order valence-corrected chi connectivity index (χ2v) is 4.65. The van der Waals surface area contributed by atoms with Crippen molar-refractivity contribution in [1.82, 2.24) is 9.55 Å². The van der Waals surface area contributed by atoms with Crippen molar-refractivity contribution >= 4 is 11.0 Å². The molecule has 2 heteroatoms. The monoisotopic (exact) mass is 216 g/mol. The van der Waals surface area contributed by atoms with Crippen molar-refractivity contribution in [2.45, 2.75) is 40.2 Å². The van der Waals surface area contributed by atoms with E-state index in [4.69, 9.17) is 0 Å². The second kappa shape index (κ2) is 4.69. The Morgan fingerprint density at radius 1 is 1.31 bits per heavy atom. The van der Waals surface area contributed by atoms with Crippen LogP contribution >= 0.6 is 0 Å². The second-order valence-electron chi connectivity index (χ2n) is 4.65. The van der Waals surface area contributed by atoms with Crippen molar-refractivity contribution < 1.29 is 0 Å². The maximum absolute atomic E-state index is 4.59. The van der Waals surface area contributed by atoms with E-state index in [1.54, 1.807) is 0 Å². The van der Waals surface area contributed by atoms with Crippen LogP contribution in [0.4, 0.5) is 0 Å². The van der Waals surface area contributed by atoms with Crippen LogP contribution in [0, 0.1) is 12.8 Å². The van der Waals surface area contributed by atoms with Gasteiger partial charge in [0.15, 0.2) is 0 Å². The van der Waals surface area contributed by atoms with E-state index in [1.807, 2.05) is 0 Å². The van der Waals surface area contributed by atoms with Gasteiger partial charge in [-0.15, -0.1) is 0 Å². The summed E-state index contributed by atoms with van der Waals surface area (Å²) in [5.74, 6) is 1.85. The molecule has 1 aromatic carbocycles. The molecule has 0 fully saturated rings. The van der Waals surface area contributed by atoms with Crippen LogP contribution in [0.5, 0.6) is 0 Å². The van der Waals surface area contributed by atoms with Crippen LogP contribution in [0.1, 0.15) is 32.5 Å². The molecule has 86 valence electrons. The summed E-state index contributed by atoms with van der Waals surface area (Å²) in [6.45, 7) is 7.74. The molecule has 1 unspecified atom stereocenters. The molecule has 0 aliphatic carbocycles. The molecule has 0 saturated heterocycles. The van der Waals surface area contributed by atoms with E-state index in [1.165, 1.54) is 18.4 Å². The summed E-state index contributed by atoms with van der Waals surface area (Å²) in [4.78, 5) is 4.59. The van der Waals surface area contributed by atoms with E-state index < -0.39 is 0 Å². The number of imidazole rings is 1. The van der Waals surface area contributed by atoms with Gasteiger partial charge >= 0.3 is 0 Å². The van der Waals surface area contributed by atoms with Crippen molar-refractivity contribution in [1.29, 1.82) is 0 Å². The van der Waals surface area contributed by atoms with E-state index in [9.17, 15) is 0 Å². The highest BCUT2D eigenvalue weighted by Crippen LogP contribution is 2.18. The van der Waals surface area contributed by atoms with Gasteiger partial charge in [0.2, 0.25) is 0 Å². The summed E-state index contributed by atoms with van der Waals surface area (Å²) in [7, 11) is 0. The molecule has 0 amide bonds. The van der Waals surface area contributed by atoms with Gasteiger partial charge < -0.3 is 4.57 Å². The summed E-state index contributed by atoms with van der Waals surface area (Å²) in [6, 6.07) is 8.39. The molecule has 1 heterocycles. The first-order valence-corrected chi connectivity index (χ1v) is 6.14. The zero-order valence-electron chi connectivity index (χ0n) is 10.4. The highest BCUT2D eigenvalue weighted by atomic mass is 15.1.